The normalized spacial score (nSPS) is 37.9. The van der Waals surface area contributed by atoms with Crippen molar-refractivity contribution in [2.24, 2.45) is 5.92 Å². The maximum absolute atomic E-state index is 11.7. The molecular formula is C10H16N2O2. The van der Waals surface area contributed by atoms with Crippen molar-refractivity contribution in [1.82, 2.24) is 10.6 Å². The van der Waals surface area contributed by atoms with Crippen LogP contribution in [-0.2, 0) is 4.79 Å². The molecule has 1 saturated carbocycles. The molecule has 2 rings (SSSR count). The Labute approximate surface area is 83.4 Å². The van der Waals surface area contributed by atoms with E-state index in [1.807, 2.05) is 0 Å². The van der Waals surface area contributed by atoms with E-state index in [1.165, 1.54) is 0 Å². The van der Waals surface area contributed by atoms with Crippen molar-refractivity contribution in [1.29, 1.82) is 0 Å². The quantitative estimate of drug-likeness (QED) is 0.571. The molecule has 78 valence electrons. The number of imide groups is 1. The zero-order chi connectivity index (χ0) is 10.2. The Hall–Kier alpha value is -1.06. The van der Waals surface area contributed by atoms with E-state index in [0.29, 0.717) is 5.92 Å². The molecule has 0 unspecified atom stereocenters. The van der Waals surface area contributed by atoms with E-state index in [0.717, 1.165) is 32.1 Å². The number of hydrogen-bond donors (Lipinski definition) is 2. The average molecular weight is 196 g/mol. The van der Waals surface area contributed by atoms with Crippen molar-refractivity contribution in [3.05, 3.63) is 0 Å². The first-order valence-electron chi connectivity index (χ1n) is 5.26. The van der Waals surface area contributed by atoms with Crippen LogP contribution in [0.4, 0.5) is 4.79 Å². The van der Waals surface area contributed by atoms with E-state index >= 15 is 0 Å². The maximum atomic E-state index is 11.7. The number of hydrogen-bond acceptors (Lipinski definition) is 2. The summed E-state index contributed by atoms with van der Waals surface area (Å²) in [5, 5.41) is 5.13. The number of urea groups is 1. The molecule has 0 aromatic carbocycles. The van der Waals surface area contributed by atoms with E-state index in [9.17, 15) is 9.59 Å². The van der Waals surface area contributed by atoms with Crippen molar-refractivity contribution >= 4 is 11.9 Å². The van der Waals surface area contributed by atoms with Crippen LogP contribution in [0.2, 0.25) is 0 Å². The third-order valence-electron chi connectivity index (χ3n) is 3.26. The first kappa shape index (κ1) is 9.49. The monoisotopic (exact) mass is 196 g/mol. The fourth-order valence-corrected chi connectivity index (χ4v) is 2.57. The van der Waals surface area contributed by atoms with Crippen LogP contribution >= 0.6 is 0 Å². The maximum Gasteiger partial charge on any atom is 0.322 e. The Balaban J connectivity index is 2.20. The third-order valence-corrected chi connectivity index (χ3v) is 3.26. The van der Waals surface area contributed by atoms with Crippen LogP contribution in [0, 0.1) is 5.92 Å². The zero-order valence-corrected chi connectivity index (χ0v) is 8.43. The summed E-state index contributed by atoms with van der Waals surface area (Å²) in [6.45, 7) is 2.14. The van der Waals surface area contributed by atoms with Crippen LogP contribution in [-0.4, -0.2) is 17.5 Å². The molecule has 2 aliphatic rings. The molecule has 0 aromatic heterocycles. The Bertz CT molecular complexity index is 277. The smallest absolute Gasteiger partial charge is 0.322 e. The van der Waals surface area contributed by atoms with Crippen LogP contribution < -0.4 is 10.6 Å². The predicted molar refractivity (Wildman–Crippen MR) is 51.7 cm³/mol. The molecule has 4 nitrogen and oxygen atoms in total. The summed E-state index contributed by atoms with van der Waals surface area (Å²) < 4.78 is 0. The first-order chi connectivity index (χ1) is 6.62. The van der Waals surface area contributed by atoms with Gasteiger partial charge in [0.05, 0.1) is 0 Å². The fraction of sp³-hybridized carbons (Fsp3) is 0.800. The molecule has 0 radical (unpaired) electrons. The highest BCUT2D eigenvalue weighted by Crippen LogP contribution is 2.32. The summed E-state index contributed by atoms with van der Waals surface area (Å²) >= 11 is 0. The van der Waals surface area contributed by atoms with E-state index < -0.39 is 5.54 Å². The standard InChI is InChI=1S/C10H16N2O2/c1-7-4-2-3-5-10(6-7)8(13)11-9(14)12-10/h7H,2-6H2,1H3,(H2,11,12,13,14)/t7-,10+/m0/s1. The number of rotatable bonds is 0. The highest BCUT2D eigenvalue weighted by Gasteiger charge is 2.46. The van der Waals surface area contributed by atoms with Gasteiger partial charge in [-0.15, -0.1) is 0 Å². The molecule has 1 aliphatic carbocycles. The summed E-state index contributed by atoms with van der Waals surface area (Å²) in [4.78, 5) is 22.8. The van der Waals surface area contributed by atoms with Gasteiger partial charge in [0, 0.05) is 0 Å². The van der Waals surface area contributed by atoms with Gasteiger partial charge in [-0.1, -0.05) is 26.2 Å². The minimum Gasteiger partial charge on any atom is -0.323 e. The lowest BCUT2D eigenvalue weighted by Gasteiger charge is -2.25. The number of amides is 3. The van der Waals surface area contributed by atoms with Gasteiger partial charge in [-0.25, -0.2) is 4.79 Å². The van der Waals surface area contributed by atoms with Crippen LogP contribution in [0.5, 0.6) is 0 Å². The average Bonchev–Trinajstić information content (AvgIpc) is 2.30. The third kappa shape index (κ3) is 1.49. The summed E-state index contributed by atoms with van der Waals surface area (Å²) in [5.74, 6) is 0.387. The molecule has 1 aliphatic heterocycles. The van der Waals surface area contributed by atoms with Crippen LogP contribution in [0.15, 0.2) is 0 Å². The molecule has 1 saturated heterocycles. The lowest BCUT2D eigenvalue weighted by Crippen LogP contribution is -2.47. The van der Waals surface area contributed by atoms with Crippen molar-refractivity contribution in [3.63, 3.8) is 0 Å². The highest BCUT2D eigenvalue weighted by atomic mass is 16.2. The molecule has 2 fully saturated rings. The molecule has 14 heavy (non-hydrogen) atoms. The second-order valence-corrected chi connectivity index (χ2v) is 4.55. The minimum absolute atomic E-state index is 0.128. The lowest BCUT2D eigenvalue weighted by atomic mass is 9.87. The molecule has 0 bridgehead atoms. The largest absolute Gasteiger partial charge is 0.323 e. The van der Waals surface area contributed by atoms with Crippen molar-refractivity contribution in [2.45, 2.75) is 44.6 Å². The van der Waals surface area contributed by atoms with E-state index in [1.54, 1.807) is 0 Å². The van der Waals surface area contributed by atoms with Crippen molar-refractivity contribution in [3.8, 4) is 0 Å². The molecule has 2 atom stereocenters. The summed E-state index contributed by atoms with van der Waals surface area (Å²) in [6.07, 6.45) is 4.91. The molecular weight excluding hydrogens is 180 g/mol. The van der Waals surface area contributed by atoms with Crippen molar-refractivity contribution < 1.29 is 9.59 Å². The van der Waals surface area contributed by atoms with E-state index in [2.05, 4.69) is 17.6 Å². The van der Waals surface area contributed by atoms with Gasteiger partial charge in [-0.05, 0) is 18.8 Å². The van der Waals surface area contributed by atoms with Gasteiger partial charge in [0.1, 0.15) is 5.54 Å². The van der Waals surface area contributed by atoms with Gasteiger partial charge in [0.15, 0.2) is 0 Å². The second-order valence-electron chi connectivity index (χ2n) is 4.55. The zero-order valence-electron chi connectivity index (χ0n) is 8.43. The SMILES string of the molecule is C[C@H]1CCCC[C@]2(C1)NC(=O)NC2=O. The summed E-state index contributed by atoms with van der Waals surface area (Å²) in [5.41, 5.74) is -0.590. The molecule has 1 spiro atoms. The predicted octanol–water partition coefficient (Wildman–Crippen LogP) is 1.16. The summed E-state index contributed by atoms with van der Waals surface area (Å²) in [7, 11) is 0. The fourth-order valence-electron chi connectivity index (χ4n) is 2.57. The molecule has 1 heterocycles. The molecule has 2 N–H and O–H groups in total. The number of nitrogens with one attached hydrogen (secondary N) is 2. The van der Waals surface area contributed by atoms with Crippen LogP contribution in [0.1, 0.15) is 39.0 Å². The van der Waals surface area contributed by atoms with Gasteiger partial charge in [0.25, 0.3) is 5.91 Å². The molecule has 4 heteroatoms. The lowest BCUT2D eigenvalue weighted by molar-refractivity contribution is -0.124. The van der Waals surface area contributed by atoms with E-state index in [-0.39, 0.29) is 11.9 Å². The first-order valence-corrected chi connectivity index (χ1v) is 5.26. The van der Waals surface area contributed by atoms with Gasteiger partial charge >= 0.3 is 6.03 Å². The van der Waals surface area contributed by atoms with Gasteiger partial charge in [0.2, 0.25) is 0 Å². The molecule has 3 amide bonds. The Morgan fingerprint density at radius 3 is 2.79 bits per heavy atom. The topological polar surface area (TPSA) is 58.2 Å². The molecule has 0 aromatic rings. The van der Waals surface area contributed by atoms with Crippen molar-refractivity contribution in [2.75, 3.05) is 0 Å². The van der Waals surface area contributed by atoms with Gasteiger partial charge < -0.3 is 5.32 Å². The van der Waals surface area contributed by atoms with E-state index in [4.69, 9.17) is 0 Å². The van der Waals surface area contributed by atoms with Crippen LogP contribution in [0.3, 0.4) is 0 Å². The number of carbonyl (C=O) groups excluding carboxylic acids is 2. The number of carbonyl (C=O) groups is 2. The second kappa shape index (κ2) is 3.26. The summed E-state index contributed by atoms with van der Waals surface area (Å²) in [6, 6.07) is -0.330. The Morgan fingerprint density at radius 1 is 1.36 bits per heavy atom. The Morgan fingerprint density at radius 2 is 2.14 bits per heavy atom. The minimum atomic E-state index is -0.590. The Kier molecular flexibility index (Phi) is 2.21. The van der Waals surface area contributed by atoms with Gasteiger partial charge in [-0.2, -0.15) is 0 Å². The van der Waals surface area contributed by atoms with Crippen LogP contribution in [0.25, 0.3) is 0 Å². The highest BCUT2D eigenvalue weighted by molar-refractivity contribution is 6.07. The van der Waals surface area contributed by atoms with Gasteiger partial charge in [-0.3, -0.25) is 10.1 Å².